The molecular formula is C14H26N4O. The second-order valence-electron chi connectivity index (χ2n) is 5.11. The van der Waals surface area contributed by atoms with Crippen LogP contribution in [0, 0.1) is 6.92 Å². The van der Waals surface area contributed by atoms with Gasteiger partial charge in [0, 0.05) is 24.8 Å². The Morgan fingerprint density at radius 3 is 2.79 bits per heavy atom. The van der Waals surface area contributed by atoms with Crippen molar-refractivity contribution in [3.05, 3.63) is 17.6 Å². The van der Waals surface area contributed by atoms with Crippen molar-refractivity contribution in [2.75, 3.05) is 25.5 Å². The highest BCUT2D eigenvalue weighted by Crippen LogP contribution is 2.08. The van der Waals surface area contributed by atoms with Crippen molar-refractivity contribution < 1.29 is 5.11 Å². The third kappa shape index (κ3) is 6.50. The van der Waals surface area contributed by atoms with Gasteiger partial charge in [0.1, 0.15) is 11.6 Å². The second kappa shape index (κ2) is 8.07. The maximum absolute atomic E-state index is 9.28. The van der Waals surface area contributed by atoms with Gasteiger partial charge in [-0.1, -0.05) is 6.92 Å². The molecule has 2 N–H and O–H groups in total. The van der Waals surface area contributed by atoms with Crippen LogP contribution in [0.25, 0.3) is 0 Å². The third-order valence-corrected chi connectivity index (χ3v) is 2.80. The Labute approximate surface area is 116 Å². The van der Waals surface area contributed by atoms with Crippen LogP contribution in [0.5, 0.6) is 0 Å². The van der Waals surface area contributed by atoms with Gasteiger partial charge < -0.3 is 10.4 Å². The quantitative estimate of drug-likeness (QED) is 0.751. The maximum atomic E-state index is 9.28. The predicted octanol–water partition coefficient (Wildman–Crippen LogP) is 1.81. The zero-order valence-electron chi connectivity index (χ0n) is 12.5. The molecule has 1 heterocycles. The van der Waals surface area contributed by atoms with Gasteiger partial charge in [0.15, 0.2) is 0 Å². The Morgan fingerprint density at radius 1 is 1.42 bits per heavy atom. The number of hydrogen-bond acceptors (Lipinski definition) is 5. The summed E-state index contributed by atoms with van der Waals surface area (Å²) in [5.41, 5.74) is 0.979. The molecule has 0 saturated carbocycles. The summed E-state index contributed by atoms with van der Waals surface area (Å²) in [5, 5.41) is 12.6. The monoisotopic (exact) mass is 266 g/mol. The average Bonchev–Trinajstić information content (AvgIpc) is 2.33. The van der Waals surface area contributed by atoms with Crippen molar-refractivity contribution in [2.45, 2.75) is 46.3 Å². The zero-order chi connectivity index (χ0) is 14.3. The van der Waals surface area contributed by atoms with Gasteiger partial charge in [-0.2, -0.15) is 0 Å². The number of aliphatic hydroxyl groups is 1. The largest absolute Gasteiger partial charge is 0.393 e. The van der Waals surface area contributed by atoms with Gasteiger partial charge in [-0.25, -0.2) is 9.97 Å². The summed E-state index contributed by atoms with van der Waals surface area (Å²) in [6, 6.07) is 1.97. The van der Waals surface area contributed by atoms with E-state index in [0.29, 0.717) is 6.54 Å². The van der Waals surface area contributed by atoms with Gasteiger partial charge in [0.05, 0.1) is 12.6 Å². The molecule has 1 atom stereocenters. The van der Waals surface area contributed by atoms with Crippen LogP contribution in [-0.4, -0.2) is 46.2 Å². The molecule has 0 aliphatic heterocycles. The number of anilines is 1. The number of nitrogens with zero attached hydrogens (tertiary/aromatic N) is 3. The number of rotatable bonds is 8. The highest BCUT2D eigenvalue weighted by Gasteiger charge is 2.07. The summed E-state index contributed by atoms with van der Waals surface area (Å²) in [7, 11) is 2.02. The Kier molecular flexibility index (Phi) is 6.73. The number of nitrogens with one attached hydrogen (secondary N) is 1. The second-order valence-corrected chi connectivity index (χ2v) is 5.11. The van der Waals surface area contributed by atoms with E-state index in [0.717, 1.165) is 43.3 Å². The van der Waals surface area contributed by atoms with Gasteiger partial charge in [-0.3, -0.25) is 4.90 Å². The molecule has 5 heteroatoms. The van der Waals surface area contributed by atoms with Crippen LogP contribution in [-0.2, 0) is 6.54 Å². The summed E-state index contributed by atoms with van der Waals surface area (Å²) >= 11 is 0. The fourth-order valence-electron chi connectivity index (χ4n) is 1.77. The Balaban J connectivity index is 2.59. The molecule has 19 heavy (non-hydrogen) atoms. The minimum atomic E-state index is -0.261. The van der Waals surface area contributed by atoms with Crippen LogP contribution in [0.2, 0.25) is 0 Å². The van der Waals surface area contributed by atoms with E-state index in [-0.39, 0.29) is 6.10 Å². The molecule has 5 nitrogen and oxygen atoms in total. The predicted molar refractivity (Wildman–Crippen MR) is 78.2 cm³/mol. The van der Waals surface area contributed by atoms with E-state index in [1.54, 1.807) is 0 Å². The fraction of sp³-hybridized carbons (Fsp3) is 0.714. The molecule has 1 aromatic heterocycles. The van der Waals surface area contributed by atoms with Crippen molar-refractivity contribution in [1.29, 1.82) is 0 Å². The molecule has 1 rings (SSSR count). The first-order chi connectivity index (χ1) is 9.01. The van der Waals surface area contributed by atoms with Crippen LogP contribution in [0.15, 0.2) is 6.07 Å². The van der Waals surface area contributed by atoms with Crippen LogP contribution in [0.4, 0.5) is 5.82 Å². The number of hydrogen-bond donors (Lipinski definition) is 2. The summed E-state index contributed by atoms with van der Waals surface area (Å²) in [4.78, 5) is 11.1. The normalized spacial score (nSPS) is 12.7. The van der Waals surface area contributed by atoms with Crippen molar-refractivity contribution in [2.24, 2.45) is 0 Å². The first-order valence-corrected chi connectivity index (χ1v) is 6.96. The molecule has 0 aliphatic rings. The molecule has 0 bridgehead atoms. The molecule has 0 aliphatic carbocycles. The molecular weight excluding hydrogens is 240 g/mol. The van der Waals surface area contributed by atoms with E-state index in [9.17, 15) is 5.11 Å². The fourth-order valence-corrected chi connectivity index (χ4v) is 1.77. The number of aromatic nitrogens is 2. The molecule has 0 amide bonds. The van der Waals surface area contributed by atoms with Crippen LogP contribution < -0.4 is 5.32 Å². The number of aryl methyl sites for hydroxylation is 1. The lowest BCUT2D eigenvalue weighted by atomic mass is 10.3. The summed E-state index contributed by atoms with van der Waals surface area (Å²) in [6.45, 7) is 8.39. The lowest BCUT2D eigenvalue weighted by Crippen LogP contribution is -2.23. The Hall–Kier alpha value is -1.20. The Morgan fingerprint density at radius 2 is 2.16 bits per heavy atom. The van der Waals surface area contributed by atoms with Gasteiger partial charge in [-0.15, -0.1) is 0 Å². The molecule has 1 unspecified atom stereocenters. The summed E-state index contributed by atoms with van der Waals surface area (Å²) in [6.07, 6.45) is 1.58. The van der Waals surface area contributed by atoms with Gasteiger partial charge >= 0.3 is 0 Å². The molecule has 0 saturated heterocycles. The minimum Gasteiger partial charge on any atom is -0.393 e. The molecule has 0 spiro atoms. The van der Waals surface area contributed by atoms with Crippen molar-refractivity contribution in [3.8, 4) is 0 Å². The van der Waals surface area contributed by atoms with Crippen molar-refractivity contribution in [1.82, 2.24) is 14.9 Å². The molecule has 1 aromatic rings. The number of aliphatic hydroxyl groups excluding tert-OH is 1. The first kappa shape index (κ1) is 15.9. The van der Waals surface area contributed by atoms with E-state index in [4.69, 9.17) is 0 Å². The topological polar surface area (TPSA) is 61.3 Å². The van der Waals surface area contributed by atoms with Crippen molar-refractivity contribution in [3.63, 3.8) is 0 Å². The SMILES string of the molecule is CCCNc1cc(C)nc(CN(C)CCC(C)O)n1. The van der Waals surface area contributed by atoms with E-state index < -0.39 is 0 Å². The molecule has 0 fully saturated rings. The molecule has 0 radical (unpaired) electrons. The van der Waals surface area contributed by atoms with E-state index >= 15 is 0 Å². The average molecular weight is 266 g/mol. The standard InChI is InChI=1S/C14H26N4O/c1-5-7-15-13-9-11(2)16-14(17-13)10-18(4)8-6-12(3)19/h9,12,19H,5-8,10H2,1-4H3,(H,15,16,17). The van der Waals surface area contributed by atoms with Crippen LogP contribution >= 0.6 is 0 Å². The smallest absolute Gasteiger partial charge is 0.144 e. The molecule has 108 valence electrons. The van der Waals surface area contributed by atoms with Crippen LogP contribution in [0.3, 0.4) is 0 Å². The third-order valence-electron chi connectivity index (χ3n) is 2.80. The van der Waals surface area contributed by atoms with E-state index in [1.807, 2.05) is 27.0 Å². The molecule has 0 aromatic carbocycles. The highest BCUT2D eigenvalue weighted by molar-refractivity contribution is 5.35. The summed E-state index contributed by atoms with van der Waals surface area (Å²) in [5.74, 6) is 1.72. The summed E-state index contributed by atoms with van der Waals surface area (Å²) < 4.78 is 0. The van der Waals surface area contributed by atoms with Gasteiger partial charge in [0.25, 0.3) is 0 Å². The van der Waals surface area contributed by atoms with E-state index in [2.05, 4.69) is 27.1 Å². The lowest BCUT2D eigenvalue weighted by molar-refractivity contribution is 0.162. The Bertz CT molecular complexity index is 382. The first-order valence-electron chi connectivity index (χ1n) is 6.96. The van der Waals surface area contributed by atoms with Crippen molar-refractivity contribution >= 4 is 5.82 Å². The maximum Gasteiger partial charge on any atom is 0.144 e. The van der Waals surface area contributed by atoms with Crippen LogP contribution in [0.1, 0.15) is 38.2 Å². The minimum absolute atomic E-state index is 0.261. The van der Waals surface area contributed by atoms with E-state index in [1.165, 1.54) is 0 Å². The lowest BCUT2D eigenvalue weighted by Gasteiger charge is -2.17. The zero-order valence-corrected chi connectivity index (χ0v) is 12.5. The van der Waals surface area contributed by atoms with Gasteiger partial charge in [0.2, 0.25) is 0 Å². The van der Waals surface area contributed by atoms with Gasteiger partial charge in [-0.05, 0) is 33.7 Å². The highest BCUT2D eigenvalue weighted by atomic mass is 16.3.